The van der Waals surface area contributed by atoms with Gasteiger partial charge in [0.1, 0.15) is 0 Å². The van der Waals surface area contributed by atoms with E-state index in [-0.39, 0.29) is 0 Å². The number of rotatable bonds is 3. The SMILES string of the molecule is c1cc(Cc2noc(-c3ccc4c(c3)CNC4)n2)ccn1. The third-order valence-electron chi connectivity index (χ3n) is 3.66. The Balaban J connectivity index is 1.59. The molecule has 4 rings (SSSR count). The van der Waals surface area contributed by atoms with Gasteiger partial charge in [-0.1, -0.05) is 11.2 Å². The van der Waals surface area contributed by atoms with Gasteiger partial charge in [-0.05, 0) is 41.0 Å². The van der Waals surface area contributed by atoms with Gasteiger partial charge in [0.2, 0.25) is 0 Å². The second kappa shape index (κ2) is 5.10. The van der Waals surface area contributed by atoms with E-state index in [1.54, 1.807) is 12.4 Å². The summed E-state index contributed by atoms with van der Waals surface area (Å²) in [6.45, 7) is 1.84. The van der Waals surface area contributed by atoms with Crippen molar-refractivity contribution in [1.29, 1.82) is 0 Å². The fourth-order valence-corrected chi connectivity index (χ4v) is 2.55. The van der Waals surface area contributed by atoms with E-state index in [1.165, 1.54) is 11.1 Å². The van der Waals surface area contributed by atoms with Crippen LogP contribution in [0.3, 0.4) is 0 Å². The largest absolute Gasteiger partial charge is 0.334 e. The molecule has 5 heteroatoms. The molecule has 0 amide bonds. The average Bonchev–Trinajstić information content (AvgIpc) is 3.16. The lowest BCUT2D eigenvalue weighted by atomic mass is 10.1. The lowest BCUT2D eigenvalue weighted by Crippen LogP contribution is -1.99. The van der Waals surface area contributed by atoms with E-state index in [2.05, 4.69) is 32.6 Å². The maximum absolute atomic E-state index is 5.39. The van der Waals surface area contributed by atoms with Gasteiger partial charge >= 0.3 is 0 Å². The number of hydrogen-bond acceptors (Lipinski definition) is 5. The summed E-state index contributed by atoms with van der Waals surface area (Å²) in [6, 6.07) is 10.2. The van der Waals surface area contributed by atoms with Gasteiger partial charge in [-0.3, -0.25) is 4.98 Å². The molecule has 1 aliphatic heterocycles. The summed E-state index contributed by atoms with van der Waals surface area (Å²) in [5.74, 6) is 1.27. The Hall–Kier alpha value is -2.53. The Bertz CT molecular complexity index is 767. The van der Waals surface area contributed by atoms with Crippen molar-refractivity contribution in [2.75, 3.05) is 0 Å². The van der Waals surface area contributed by atoms with Crippen LogP contribution in [-0.2, 0) is 19.5 Å². The highest BCUT2D eigenvalue weighted by atomic mass is 16.5. The average molecular weight is 278 g/mol. The quantitative estimate of drug-likeness (QED) is 0.796. The van der Waals surface area contributed by atoms with E-state index in [1.807, 2.05) is 18.2 Å². The van der Waals surface area contributed by atoms with Crippen molar-refractivity contribution >= 4 is 0 Å². The van der Waals surface area contributed by atoms with E-state index < -0.39 is 0 Å². The number of benzene rings is 1. The Morgan fingerprint density at radius 3 is 2.81 bits per heavy atom. The van der Waals surface area contributed by atoms with Crippen LogP contribution in [0.1, 0.15) is 22.5 Å². The molecule has 1 aliphatic rings. The molecule has 21 heavy (non-hydrogen) atoms. The standard InChI is InChI=1S/C16H14N4O/c1-2-13-9-18-10-14(13)8-12(1)16-19-15(20-21-16)7-11-3-5-17-6-4-11/h1-6,8,18H,7,9-10H2. The lowest BCUT2D eigenvalue weighted by molar-refractivity contribution is 0.424. The Kier molecular flexibility index (Phi) is 2.97. The molecular formula is C16H14N4O. The van der Waals surface area contributed by atoms with Crippen molar-refractivity contribution in [3.8, 4) is 11.5 Å². The maximum Gasteiger partial charge on any atom is 0.257 e. The van der Waals surface area contributed by atoms with Gasteiger partial charge < -0.3 is 9.84 Å². The van der Waals surface area contributed by atoms with Crippen molar-refractivity contribution in [2.24, 2.45) is 0 Å². The molecule has 1 N–H and O–H groups in total. The Morgan fingerprint density at radius 2 is 1.90 bits per heavy atom. The van der Waals surface area contributed by atoms with E-state index >= 15 is 0 Å². The van der Waals surface area contributed by atoms with Gasteiger partial charge in [0.25, 0.3) is 5.89 Å². The zero-order valence-corrected chi connectivity index (χ0v) is 11.4. The second-order valence-corrected chi connectivity index (χ2v) is 5.14. The van der Waals surface area contributed by atoms with Crippen molar-refractivity contribution < 1.29 is 4.52 Å². The van der Waals surface area contributed by atoms with Gasteiger partial charge in [0.15, 0.2) is 5.82 Å². The third-order valence-corrected chi connectivity index (χ3v) is 3.66. The highest BCUT2D eigenvalue weighted by molar-refractivity contribution is 5.56. The minimum atomic E-state index is 0.578. The van der Waals surface area contributed by atoms with Crippen LogP contribution >= 0.6 is 0 Å². The topological polar surface area (TPSA) is 63.8 Å². The van der Waals surface area contributed by atoms with Crippen molar-refractivity contribution in [1.82, 2.24) is 20.4 Å². The van der Waals surface area contributed by atoms with Crippen molar-refractivity contribution in [3.63, 3.8) is 0 Å². The zero-order chi connectivity index (χ0) is 14.1. The molecule has 5 nitrogen and oxygen atoms in total. The van der Waals surface area contributed by atoms with Crippen LogP contribution in [0.15, 0.2) is 47.2 Å². The minimum absolute atomic E-state index is 0.578. The number of hydrogen-bond donors (Lipinski definition) is 1. The first-order valence-electron chi connectivity index (χ1n) is 6.93. The first-order chi connectivity index (χ1) is 10.4. The highest BCUT2D eigenvalue weighted by Gasteiger charge is 2.14. The van der Waals surface area contributed by atoms with Crippen LogP contribution in [0.5, 0.6) is 0 Å². The minimum Gasteiger partial charge on any atom is -0.334 e. The Labute approximate surface area is 122 Å². The van der Waals surface area contributed by atoms with Gasteiger partial charge in [-0.2, -0.15) is 4.98 Å². The van der Waals surface area contributed by atoms with E-state index in [9.17, 15) is 0 Å². The van der Waals surface area contributed by atoms with Gasteiger partial charge in [0, 0.05) is 37.5 Å². The molecule has 0 spiro atoms. The molecule has 3 heterocycles. The van der Waals surface area contributed by atoms with Gasteiger partial charge in [-0.15, -0.1) is 0 Å². The van der Waals surface area contributed by atoms with Gasteiger partial charge in [0.05, 0.1) is 0 Å². The van der Waals surface area contributed by atoms with Gasteiger partial charge in [-0.25, -0.2) is 0 Å². The smallest absolute Gasteiger partial charge is 0.257 e. The summed E-state index contributed by atoms with van der Waals surface area (Å²) in [7, 11) is 0. The molecule has 0 radical (unpaired) electrons. The monoisotopic (exact) mass is 278 g/mol. The molecule has 0 atom stereocenters. The molecule has 0 fully saturated rings. The Morgan fingerprint density at radius 1 is 1.05 bits per heavy atom. The van der Waals surface area contributed by atoms with Crippen molar-refractivity contribution in [2.45, 2.75) is 19.5 Å². The van der Waals surface area contributed by atoms with Crippen LogP contribution in [0.25, 0.3) is 11.5 Å². The van der Waals surface area contributed by atoms with E-state index in [0.717, 1.165) is 24.2 Å². The summed E-state index contributed by atoms with van der Waals surface area (Å²) in [6.07, 6.45) is 4.19. The molecule has 2 aromatic heterocycles. The fourth-order valence-electron chi connectivity index (χ4n) is 2.55. The molecule has 0 saturated carbocycles. The third kappa shape index (κ3) is 2.43. The number of fused-ring (bicyclic) bond motifs is 1. The summed E-state index contributed by atoms with van der Waals surface area (Å²) in [5.41, 5.74) is 4.75. The molecule has 0 bridgehead atoms. The second-order valence-electron chi connectivity index (χ2n) is 5.14. The first-order valence-corrected chi connectivity index (χ1v) is 6.93. The van der Waals surface area contributed by atoms with Crippen LogP contribution < -0.4 is 5.32 Å². The molecule has 0 saturated heterocycles. The van der Waals surface area contributed by atoms with Crippen LogP contribution in [0.2, 0.25) is 0 Å². The predicted octanol–water partition coefficient (Wildman–Crippen LogP) is 2.33. The summed E-state index contributed by atoms with van der Waals surface area (Å²) in [5, 5.41) is 7.39. The van der Waals surface area contributed by atoms with E-state index in [0.29, 0.717) is 18.1 Å². The molecule has 104 valence electrons. The summed E-state index contributed by atoms with van der Waals surface area (Å²) in [4.78, 5) is 8.49. The van der Waals surface area contributed by atoms with Crippen LogP contribution in [0.4, 0.5) is 0 Å². The van der Waals surface area contributed by atoms with Crippen LogP contribution in [0, 0.1) is 0 Å². The molecule has 0 aliphatic carbocycles. The molecular weight excluding hydrogens is 264 g/mol. The number of nitrogens with zero attached hydrogens (tertiary/aromatic N) is 3. The van der Waals surface area contributed by atoms with Crippen LogP contribution in [-0.4, -0.2) is 15.1 Å². The van der Waals surface area contributed by atoms with E-state index in [4.69, 9.17) is 4.52 Å². The summed E-state index contributed by atoms with van der Waals surface area (Å²) >= 11 is 0. The molecule has 3 aromatic rings. The first kappa shape index (κ1) is 12.2. The maximum atomic E-state index is 5.39. The fraction of sp³-hybridized carbons (Fsp3) is 0.188. The molecule has 0 unspecified atom stereocenters. The predicted molar refractivity (Wildman–Crippen MR) is 77.3 cm³/mol. The van der Waals surface area contributed by atoms with Crippen molar-refractivity contribution in [3.05, 3.63) is 65.2 Å². The number of nitrogens with one attached hydrogen (secondary N) is 1. The normalized spacial score (nSPS) is 13.3. The number of pyridine rings is 1. The zero-order valence-electron chi connectivity index (χ0n) is 11.4. The summed E-state index contributed by atoms with van der Waals surface area (Å²) < 4.78 is 5.39. The molecule has 1 aromatic carbocycles. The number of aromatic nitrogens is 3. The lowest BCUT2D eigenvalue weighted by Gasteiger charge is -1.99. The highest BCUT2D eigenvalue weighted by Crippen LogP contribution is 2.24.